The summed E-state index contributed by atoms with van der Waals surface area (Å²) in [6, 6.07) is 16.7. The Morgan fingerprint density at radius 1 is 1.03 bits per heavy atom. The first kappa shape index (κ1) is 20.0. The van der Waals surface area contributed by atoms with Crippen molar-refractivity contribution in [2.45, 2.75) is 20.0 Å². The van der Waals surface area contributed by atoms with Crippen LogP contribution in [0, 0.1) is 6.92 Å². The molecular formula is C22H21N3O4. The van der Waals surface area contributed by atoms with Crippen LogP contribution in [0.5, 0.6) is 0 Å². The maximum Gasteiger partial charge on any atom is 0.340 e. The number of imide groups is 1. The van der Waals surface area contributed by atoms with Gasteiger partial charge in [0.25, 0.3) is 5.91 Å². The lowest BCUT2D eigenvalue weighted by molar-refractivity contribution is -0.129. The fourth-order valence-electron chi connectivity index (χ4n) is 2.93. The largest absolute Gasteiger partial charge is 0.444 e. The number of nitrogens with one attached hydrogen (secondary N) is 2. The monoisotopic (exact) mass is 391 g/mol. The molecule has 0 aliphatic heterocycles. The second-order valence-corrected chi connectivity index (χ2v) is 6.37. The van der Waals surface area contributed by atoms with Gasteiger partial charge in [-0.1, -0.05) is 48.5 Å². The molecule has 3 amide bonds. The summed E-state index contributed by atoms with van der Waals surface area (Å²) in [4.78, 5) is 41.8. The molecule has 3 aromatic rings. The molecule has 0 saturated heterocycles. The number of rotatable bonds is 5. The Morgan fingerprint density at radius 3 is 2.45 bits per heavy atom. The molecule has 7 nitrogen and oxygen atoms in total. The highest BCUT2D eigenvalue weighted by Gasteiger charge is 2.27. The van der Waals surface area contributed by atoms with Crippen LogP contribution in [-0.4, -0.2) is 29.4 Å². The summed E-state index contributed by atoms with van der Waals surface area (Å²) in [6.07, 6.45) is -1.28. The molecule has 0 aliphatic carbocycles. The van der Waals surface area contributed by atoms with Gasteiger partial charge in [0.1, 0.15) is 0 Å². The maximum atomic E-state index is 13.0. The fourth-order valence-corrected chi connectivity index (χ4v) is 2.93. The summed E-state index contributed by atoms with van der Waals surface area (Å²) in [6.45, 7) is 3.87. The molecule has 7 heteroatoms. The number of para-hydroxylation sites is 1. The zero-order valence-corrected chi connectivity index (χ0v) is 16.1. The number of hydrogen-bond donors (Lipinski definition) is 2. The molecule has 0 spiro atoms. The Morgan fingerprint density at radius 2 is 1.72 bits per heavy atom. The SMILES string of the molecule is CCNC(=O)NC(=O)[C@@H](OC(=O)c1cc(C)nc2ccccc12)c1ccccc1. The number of esters is 1. The third kappa shape index (κ3) is 4.76. The summed E-state index contributed by atoms with van der Waals surface area (Å²) in [5, 5.41) is 5.31. The minimum atomic E-state index is -1.28. The Balaban J connectivity index is 1.93. The van der Waals surface area contributed by atoms with E-state index in [-0.39, 0.29) is 0 Å². The fraction of sp³-hybridized carbons (Fsp3) is 0.182. The Kier molecular flexibility index (Phi) is 6.19. The van der Waals surface area contributed by atoms with Crippen LogP contribution >= 0.6 is 0 Å². The van der Waals surface area contributed by atoms with Crippen molar-refractivity contribution in [3.05, 3.63) is 77.5 Å². The number of hydrogen-bond acceptors (Lipinski definition) is 5. The number of amides is 3. The van der Waals surface area contributed by atoms with Gasteiger partial charge in [-0.2, -0.15) is 0 Å². The Bertz CT molecular complexity index is 1050. The van der Waals surface area contributed by atoms with Crippen molar-refractivity contribution in [2.24, 2.45) is 0 Å². The number of ether oxygens (including phenoxy) is 1. The second kappa shape index (κ2) is 8.97. The van der Waals surface area contributed by atoms with Crippen molar-refractivity contribution < 1.29 is 19.1 Å². The van der Waals surface area contributed by atoms with Gasteiger partial charge >= 0.3 is 12.0 Å². The van der Waals surface area contributed by atoms with Crippen LogP contribution in [0.25, 0.3) is 10.9 Å². The number of benzene rings is 2. The van der Waals surface area contributed by atoms with E-state index in [0.717, 1.165) is 0 Å². The third-order valence-corrected chi connectivity index (χ3v) is 4.20. The first-order valence-electron chi connectivity index (χ1n) is 9.20. The summed E-state index contributed by atoms with van der Waals surface area (Å²) >= 11 is 0. The minimum absolute atomic E-state index is 0.305. The maximum absolute atomic E-state index is 13.0. The number of carbonyl (C=O) groups is 3. The van der Waals surface area contributed by atoms with Crippen LogP contribution in [0.1, 0.15) is 34.6 Å². The summed E-state index contributed by atoms with van der Waals surface area (Å²) in [5.41, 5.74) is 2.07. The zero-order valence-electron chi connectivity index (χ0n) is 16.1. The van der Waals surface area contributed by atoms with Gasteiger partial charge in [-0.3, -0.25) is 15.1 Å². The molecule has 0 fully saturated rings. The van der Waals surface area contributed by atoms with Crippen molar-refractivity contribution >= 4 is 28.8 Å². The molecule has 0 saturated carbocycles. The van der Waals surface area contributed by atoms with Crippen LogP contribution in [-0.2, 0) is 9.53 Å². The first-order chi connectivity index (χ1) is 14.0. The number of fused-ring (bicyclic) bond motifs is 1. The van der Waals surface area contributed by atoms with Gasteiger partial charge in [0, 0.05) is 23.2 Å². The van der Waals surface area contributed by atoms with Crippen molar-refractivity contribution in [1.82, 2.24) is 15.6 Å². The Hall–Kier alpha value is -3.74. The van der Waals surface area contributed by atoms with E-state index < -0.39 is 24.0 Å². The highest BCUT2D eigenvalue weighted by molar-refractivity contribution is 6.05. The van der Waals surface area contributed by atoms with Crippen molar-refractivity contribution in [3.8, 4) is 0 Å². The quantitative estimate of drug-likeness (QED) is 0.651. The molecule has 0 aliphatic rings. The van der Waals surface area contributed by atoms with Crippen molar-refractivity contribution in [2.75, 3.05) is 6.54 Å². The first-order valence-corrected chi connectivity index (χ1v) is 9.20. The smallest absolute Gasteiger partial charge is 0.340 e. The molecule has 2 N–H and O–H groups in total. The number of pyridine rings is 1. The van der Waals surface area contributed by atoms with Gasteiger partial charge in [-0.15, -0.1) is 0 Å². The van der Waals surface area contributed by atoms with E-state index in [0.29, 0.717) is 34.3 Å². The third-order valence-electron chi connectivity index (χ3n) is 4.20. The van der Waals surface area contributed by atoms with Crippen molar-refractivity contribution in [1.29, 1.82) is 0 Å². The molecule has 148 valence electrons. The lowest BCUT2D eigenvalue weighted by Crippen LogP contribution is -2.42. The number of aromatic nitrogens is 1. The van der Waals surface area contributed by atoms with Crippen LogP contribution < -0.4 is 10.6 Å². The topological polar surface area (TPSA) is 97.4 Å². The van der Waals surface area contributed by atoms with E-state index in [1.54, 1.807) is 68.4 Å². The molecule has 1 aromatic heterocycles. The van der Waals surface area contributed by atoms with Crippen LogP contribution in [0.3, 0.4) is 0 Å². The van der Waals surface area contributed by atoms with E-state index in [2.05, 4.69) is 15.6 Å². The lowest BCUT2D eigenvalue weighted by atomic mass is 10.1. The highest BCUT2D eigenvalue weighted by atomic mass is 16.5. The van der Waals surface area contributed by atoms with E-state index in [1.165, 1.54) is 0 Å². The van der Waals surface area contributed by atoms with Crippen LogP contribution in [0.2, 0.25) is 0 Å². The zero-order chi connectivity index (χ0) is 20.8. The van der Waals surface area contributed by atoms with Gasteiger partial charge in [0.05, 0.1) is 11.1 Å². The summed E-state index contributed by atoms with van der Waals surface area (Å²) < 4.78 is 5.57. The average Bonchev–Trinajstić information content (AvgIpc) is 2.71. The second-order valence-electron chi connectivity index (χ2n) is 6.37. The summed E-state index contributed by atoms with van der Waals surface area (Å²) in [5.74, 6) is -1.41. The predicted molar refractivity (Wildman–Crippen MR) is 108 cm³/mol. The van der Waals surface area contributed by atoms with Gasteiger partial charge in [-0.05, 0) is 26.0 Å². The molecule has 3 rings (SSSR count). The van der Waals surface area contributed by atoms with Crippen LogP contribution in [0.15, 0.2) is 60.7 Å². The van der Waals surface area contributed by atoms with Gasteiger partial charge in [-0.25, -0.2) is 9.59 Å². The summed E-state index contributed by atoms with van der Waals surface area (Å²) in [7, 11) is 0. The van der Waals surface area contributed by atoms with Gasteiger partial charge < -0.3 is 10.1 Å². The molecule has 0 bridgehead atoms. The minimum Gasteiger partial charge on any atom is -0.444 e. The number of nitrogens with zero attached hydrogens (tertiary/aromatic N) is 1. The highest BCUT2D eigenvalue weighted by Crippen LogP contribution is 2.24. The van der Waals surface area contributed by atoms with Gasteiger partial charge in [0.2, 0.25) is 6.10 Å². The average molecular weight is 391 g/mol. The molecule has 1 heterocycles. The normalized spacial score (nSPS) is 11.5. The number of carbonyl (C=O) groups excluding carboxylic acids is 3. The molecule has 1 atom stereocenters. The van der Waals surface area contributed by atoms with E-state index >= 15 is 0 Å². The molecule has 0 unspecified atom stereocenters. The van der Waals surface area contributed by atoms with Crippen molar-refractivity contribution in [3.63, 3.8) is 0 Å². The lowest BCUT2D eigenvalue weighted by Gasteiger charge is -2.18. The molecule has 29 heavy (non-hydrogen) atoms. The van der Waals surface area contributed by atoms with Crippen LogP contribution in [0.4, 0.5) is 4.79 Å². The molecule has 2 aromatic carbocycles. The number of aryl methyl sites for hydroxylation is 1. The standard InChI is InChI=1S/C22H21N3O4/c1-3-23-22(28)25-20(26)19(15-9-5-4-6-10-15)29-21(27)17-13-14(2)24-18-12-8-7-11-16(17)18/h4-13,19H,3H2,1-2H3,(H2,23,25,26,28)/t19-/m0/s1. The molecular weight excluding hydrogens is 370 g/mol. The van der Waals surface area contributed by atoms with E-state index in [1.807, 2.05) is 6.07 Å². The van der Waals surface area contributed by atoms with E-state index in [4.69, 9.17) is 4.74 Å². The molecule has 0 radical (unpaired) electrons. The Labute approximate surface area is 168 Å². The van der Waals surface area contributed by atoms with E-state index in [9.17, 15) is 14.4 Å². The predicted octanol–water partition coefficient (Wildman–Crippen LogP) is 3.29. The number of urea groups is 1. The van der Waals surface area contributed by atoms with Gasteiger partial charge in [0.15, 0.2) is 0 Å².